The van der Waals surface area contributed by atoms with Crippen LogP contribution < -0.4 is 4.90 Å². The number of nitro groups is 1. The second-order valence-corrected chi connectivity index (χ2v) is 5.17. The summed E-state index contributed by atoms with van der Waals surface area (Å²) in [7, 11) is 0. The second-order valence-electron chi connectivity index (χ2n) is 5.17. The van der Waals surface area contributed by atoms with E-state index in [1.807, 2.05) is 18.7 Å². The van der Waals surface area contributed by atoms with Gasteiger partial charge in [-0.25, -0.2) is 9.78 Å². The summed E-state index contributed by atoms with van der Waals surface area (Å²) >= 11 is 0. The molecule has 0 saturated carbocycles. The monoisotopic (exact) mass is 265 g/mol. The van der Waals surface area contributed by atoms with E-state index in [1.54, 1.807) is 0 Å². The molecule has 1 N–H and O–H groups in total. The largest absolute Gasteiger partial charge is 0.477 e. The first-order valence-electron chi connectivity index (χ1n) is 5.99. The van der Waals surface area contributed by atoms with E-state index in [4.69, 9.17) is 5.11 Å². The van der Waals surface area contributed by atoms with Crippen LogP contribution in [0.3, 0.4) is 0 Å². The minimum atomic E-state index is -1.19. The molecule has 0 radical (unpaired) electrons. The SMILES string of the molecule is CC1(C)CCCN1c1nc(C(=O)O)ccc1[N+](=O)[O-]. The van der Waals surface area contributed by atoms with Crippen molar-refractivity contribution >= 4 is 17.5 Å². The van der Waals surface area contributed by atoms with Gasteiger partial charge < -0.3 is 10.0 Å². The molecule has 1 fully saturated rings. The number of aromatic carboxylic acids is 1. The average Bonchev–Trinajstić information content (AvgIpc) is 2.67. The Kier molecular flexibility index (Phi) is 3.13. The molecule has 0 spiro atoms. The predicted octanol–water partition coefficient (Wildman–Crippen LogP) is 2.07. The first kappa shape index (κ1) is 13.3. The average molecular weight is 265 g/mol. The van der Waals surface area contributed by atoms with Crippen LogP contribution in [-0.4, -0.2) is 33.1 Å². The first-order chi connectivity index (χ1) is 8.83. The van der Waals surface area contributed by atoms with Crippen molar-refractivity contribution in [2.75, 3.05) is 11.4 Å². The number of hydrogen-bond acceptors (Lipinski definition) is 5. The van der Waals surface area contributed by atoms with Crippen LogP contribution >= 0.6 is 0 Å². The Morgan fingerprint density at radius 2 is 2.21 bits per heavy atom. The van der Waals surface area contributed by atoms with E-state index in [0.717, 1.165) is 18.9 Å². The van der Waals surface area contributed by atoms with Crippen molar-refractivity contribution in [2.24, 2.45) is 0 Å². The van der Waals surface area contributed by atoms with Crippen molar-refractivity contribution in [1.82, 2.24) is 4.98 Å². The maximum absolute atomic E-state index is 11.1. The molecule has 1 aromatic heterocycles. The third-order valence-electron chi connectivity index (χ3n) is 3.43. The first-order valence-corrected chi connectivity index (χ1v) is 5.99. The maximum Gasteiger partial charge on any atom is 0.354 e. The molecule has 0 aliphatic carbocycles. The van der Waals surface area contributed by atoms with Gasteiger partial charge >= 0.3 is 11.7 Å². The summed E-state index contributed by atoms with van der Waals surface area (Å²) in [5, 5.41) is 20.0. The van der Waals surface area contributed by atoms with Gasteiger partial charge in [0.15, 0.2) is 5.69 Å². The van der Waals surface area contributed by atoms with Crippen molar-refractivity contribution in [2.45, 2.75) is 32.2 Å². The summed E-state index contributed by atoms with van der Waals surface area (Å²) in [6, 6.07) is 2.37. The number of rotatable bonds is 3. The van der Waals surface area contributed by atoms with E-state index in [0.29, 0.717) is 6.54 Å². The van der Waals surface area contributed by atoms with E-state index in [1.165, 1.54) is 6.07 Å². The van der Waals surface area contributed by atoms with Crippen molar-refractivity contribution < 1.29 is 14.8 Å². The normalized spacial score (nSPS) is 17.5. The summed E-state index contributed by atoms with van der Waals surface area (Å²) in [6.07, 6.45) is 1.80. The van der Waals surface area contributed by atoms with Gasteiger partial charge in [0.05, 0.1) is 4.92 Å². The van der Waals surface area contributed by atoms with Crippen LogP contribution in [0.2, 0.25) is 0 Å². The minimum absolute atomic E-state index is 0.146. The third-order valence-corrected chi connectivity index (χ3v) is 3.43. The van der Waals surface area contributed by atoms with Gasteiger partial charge in [-0.15, -0.1) is 0 Å². The highest BCUT2D eigenvalue weighted by atomic mass is 16.6. The highest BCUT2D eigenvalue weighted by Crippen LogP contribution is 2.37. The van der Waals surface area contributed by atoms with E-state index in [9.17, 15) is 14.9 Å². The van der Waals surface area contributed by atoms with E-state index in [-0.39, 0.29) is 22.7 Å². The molecule has 2 heterocycles. The Bertz CT molecular complexity index is 542. The lowest BCUT2D eigenvalue weighted by atomic mass is 10.0. The van der Waals surface area contributed by atoms with Crippen LogP contribution in [0.25, 0.3) is 0 Å². The van der Waals surface area contributed by atoms with Crippen LogP contribution in [0.15, 0.2) is 12.1 Å². The molecule has 19 heavy (non-hydrogen) atoms. The summed E-state index contributed by atoms with van der Waals surface area (Å²) < 4.78 is 0. The molecule has 1 saturated heterocycles. The molecule has 0 bridgehead atoms. The number of carboxylic acids is 1. The van der Waals surface area contributed by atoms with Gasteiger partial charge in [-0.05, 0) is 32.8 Å². The van der Waals surface area contributed by atoms with Crippen molar-refractivity contribution in [3.05, 3.63) is 27.9 Å². The Labute approximate surface area is 110 Å². The van der Waals surface area contributed by atoms with E-state index < -0.39 is 10.9 Å². The fourth-order valence-corrected chi connectivity index (χ4v) is 2.40. The molecule has 1 aliphatic rings. The lowest BCUT2D eigenvalue weighted by Gasteiger charge is -2.32. The van der Waals surface area contributed by atoms with Crippen LogP contribution in [0.1, 0.15) is 37.2 Å². The maximum atomic E-state index is 11.1. The van der Waals surface area contributed by atoms with Gasteiger partial charge in [-0.2, -0.15) is 0 Å². The number of carbonyl (C=O) groups is 1. The van der Waals surface area contributed by atoms with Gasteiger partial charge in [0.1, 0.15) is 0 Å². The highest BCUT2D eigenvalue weighted by molar-refractivity contribution is 5.86. The van der Waals surface area contributed by atoms with Gasteiger partial charge in [-0.3, -0.25) is 10.1 Å². The zero-order valence-corrected chi connectivity index (χ0v) is 10.8. The molecular formula is C12H15N3O4. The lowest BCUT2D eigenvalue weighted by Crippen LogP contribution is -2.39. The van der Waals surface area contributed by atoms with Crippen molar-refractivity contribution in [3.8, 4) is 0 Å². The predicted molar refractivity (Wildman–Crippen MR) is 68.5 cm³/mol. The molecule has 0 aromatic carbocycles. The van der Waals surface area contributed by atoms with Gasteiger partial charge in [0.2, 0.25) is 5.82 Å². The Morgan fingerprint density at radius 1 is 1.53 bits per heavy atom. The van der Waals surface area contributed by atoms with Crippen LogP contribution in [0.5, 0.6) is 0 Å². The molecule has 0 unspecified atom stereocenters. The molecule has 2 rings (SSSR count). The fraction of sp³-hybridized carbons (Fsp3) is 0.500. The number of nitrogens with zero attached hydrogens (tertiary/aromatic N) is 3. The molecule has 0 atom stereocenters. The number of anilines is 1. The number of carboxylic acid groups (broad SMARTS) is 1. The zero-order chi connectivity index (χ0) is 14.2. The van der Waals surface area contributed by atoms with Gasteiger partial charge in [0.25, 0.3) is 0 Å². The van der Waals surface area contributed by atoms with Gasteiger partial charge in [0, 0.05) is 18.2 Å². The molecule has 7 nitrogen and oxygen atoms in total. The van der Waals surface area contributed by atoms with Crippen LogP contribution in [0, 0.1) is 10.1 Å². The Hall–Kier alpha value is -2.18. The smallest absolute Gasteiger partial charge is 0.354 e. The molecule has 1 aromatic rings. The summed E-state index contributed by atoms with van der Waals surface area (Å²) in [5.74, 6) is -1.04. The standard InChI is InChI=1S/C12H15N3O4/c1-12(2)6-3-7-14(12)10-9(15(18)19)5-4-8(13-10)11(16)17/h4-5H,3,6-7H2,1-2H3,(H,16,17). The van der Waals surface area contributed by atoms with Crippen molar-refractivity contribution in [3.63, 3.8) is 0 Å². The third kappa shape index (κ3) is 2.35. The van der Waals surface area contributed by atoms with Gasteiger partial charge in [-0.1, -0.05) is 0 Å². The summed E-state index contributed by atoms with van der Waals surface area (Å²) in [5.41, 5.74) is -0.585. The number of aromatic nitrogens is 1. The number of hydrogen-bond donors (Lipinski definition) is 1. The molecule has 0 amide bonds. The fourth-order valence-electron chi connectivity index (χ4n) is 2.40. The van der Waals surface area contributed by atoms with Crippen LogP contribution in [-0.2, 0) is 0 Å². The van der Waals surface area contributed by atoms with E-state index >= 15 is 0 Å². The summed E-state index contributed by atoms with van der Waals surface area (Å²) in [4.78, 5) is 27.3. The molecule has 7 heteroatoms. The Morgan fingerprint density at radius 3 is 2.68 bits per heavy atom. The van der Waals surface area contributed by atoms with E-state index in [2.05, 4.69) is 4.98 Å². The minimum Gasteiger partial charge on any atom is -0.477 e. The molecule has 1 aliphatic heterocycles. The molecular weight excluding hydrogens is 250 g/mol. The summed E-state index contributed by atoms with van der Waals surface area (Å²) in [6.45, 7) is 4.58. The van der Waals surface area contributed by atoms with Crippen molar-refractivity contribution in [1.29, 1.82) is 0 Å². The van der Waals surface area contributed by atoms with Crippen LogP contribution in [0.4, 0.5) is 11.5 Å². The lowest BCUT2D eigenvalue weighted by molar-refractivity contribution is -0.384. The number of pyridine rings is 1. The molecule has 102 valence electrons. The zero-order valence-electron chi connectivity index (χ0n) is 10.8. The topological polar surface area (TPSA) is 96.6 Å². The Balaban J connectivity index is 2.55. The highest BCUT2D eigenvalue weighted by Gasteiger charge is 2.37. The second kappa shape index (κ2) is 4.49. The quantitative estimate of drug-likeness (QED) is 0.663.